The van der Waals surface area contributed by atoms with Crippen LogP contribution in [0.5, 0.6) is 11.5 Å². The number of halogens is 1. The molecule has 0 saturated carbocycles. The number of nitrogens with zero attached hydrogens (tertiary/aromatic N) is 1. The second-order valence-electron chi connectivity index (χ2n) is 4.29. The number of pyridine rings is 1. The predicted molar refractivity (Wildman–Crippen MR) is 78.3 cm³/mol. The maximum atomic E-state index is 10.9. The molecule has 2 heterocycles. The van der Waals surface area contributed by atoms with Crippen LogP contribution in [0.1, 0.15) is 15.9 Å². The first kappa shape index (κ1) is 14.0. The molecule has 0 atom stereocenters. The first-order valence-corrected chi connectivity index (χ1v) is 7.40. The van der Waals surface area contributed by atoms with E-state index in [2.05, 4.69) is 4.98 Å². The van der Waals surface area contributed by atoms with Crippen LogP contribution in [0.25, 0.3) is 0 Å². The van der Waals surface area contributed by atoms with Crippen molar-refractivity contribution in [2.45, 2.75) is 10.8 Å². The van der Waals surface area contributed by atoms with Crippen LogP contribution >= 0.6 is 23.4 Å². The van der Waals surface area contributed by atoms with Crippen LogP contribution in [0.15, 0.2) is 35.5 Å². The highest BCUT2D eigenvalue weighted by atomic mass is 35.5. The highest BCUT2D eigenvalue weighted by Crippen LogP contribution is 2.40. The van der Waals surface area contributed by atoms with E-state index >= 15 is 0 Å². The summed E-state index contributed by atoms with van der Waals surface area (Å²) in [5.74, 6) is 0.832. The van der Waals surface area contributed by atoms with Gasteiger partial charge < -0.3 is 14.6 Å². The van der Waals surface area contributed by atoms with Gasteiger partial charge in [0.2, 0.25) is 6.79 Å². The Kier molecular flexibility index (Phi) is 3.90. The Morgan fingerprint density at radius 1 is 1.38 bits per heavy atom. The van der Waals surface area contributed by atoms with E-state index in [-0.39, 0.29) is 12.4 Å². The molecule has 0 bridgehead atoms. The monoisotopic (exact) mass is 323 g/mol. The molecule has 0 spiro atoms. The molecule has 3 rings (SSSR count). The van der Waals surface area contributed by atoms with E-state index < -0.39 is 5.97 Å². The van der Waals surface area contributed by atoms with E-state index in [9.17, 15) is 4.79 Å². The van der Waals surface area contributed by atoms with Gasteiger partial charge in [-0.25, -0.2) is 9.78 Å². The lowest BCUT2D eigenvalue weighted by atomic mass is 10.2. The molecular weight excluding hydrogens is 314 g/mol. The van der Waals surface area contributed by atoms with Crippen molar-refractivity contribution < 1.29 is 19.4 Å². The maximum Gasteiger partial charge on any atom is 0.335 e. The van der Waals surface area contributed by atoms with Gasteiger partial charge in [0, 0.05) is 11.9 Å². The van der Waals surface area contributed by atoms with Gasteiger partial charge in [-0.3, -0.25) is 0 Å². The summed E-state index contributed by atoms with van der Waals surface area (Å²) in [6.07, 6.45) is 1.48. The van der Waals surface area contributed by atoms with Crippen molar-refractivity contribution in [3.63, 3.8) is 0 Å². The molecule has 1 aromatic heterocycles. The average molecular weight is 324 g/mol. The minimum absolute atomic E-state index is 0.174. The second kappa shape index (κ2) is 5.83. The smallest absolute Gasteiger partial charge is 0.335 e. The van der Waals surface area contributed by atoms with E-state index in [4.69, 9.17) is 26.2 Å². The van der Waals surface area contributed by atoms with E-state index in [1.54, 1.807) is 6.07 Å². The molecule has 0 amide bonds. The first-order valence-electron chi connectivity index (χ1n) is 6.03. The minimum Gasteiger partial charge on any atom is -0.478 e. The standard InChI is InChI=1S/C14H10ClNO4S/c15-10-3-8(4-11-13(10)20-7-19-11)6-21-12-5-9(14(17)18)1-2-16-12/h1-5H,6-7H2,(H,17,18). The summed E-state index contributed by atoms with van der Waals surface area (Å²) in [5, 5.41) is 10.1. The zero-order valence-electron chi connectivity index (χ0n) is 10.7. The SMILES string of the molecule is O=C(O)c1ccnc(SCc2cc(Cl)c3c(c2)OCO3)c1. The maximum absolute atomic E-state index is 10.9. The third-order valence-corrected chi connectivity index (χ3v) is 4.13. The fraction of sp³-hybridized carbons (Fsp3) is 0.143. The third-order valence-electron chi connectivity index (χ3n) is 2.86. The van der Waals surface area contributed by atoms with Gasteiger partial charge >= 0.3 is 5.97 Å². The molecule has 1 N–H and O–H groups in total. The van der Waals surface area contributed by atoms with Crippen LogP contribution in [0, 0.1) is 0 Å². The van der Waals surface area contributed by atoms with Crippen LogP contribution in [-0.2, 0) is 5.75 Å². The predicted octanol–water partition coefficient (Wildman–Crippen LogP) is 3.45. The first-order chi connectivity index (χ1) is 10.1. The number of benzene rings is 1. The summed E-state index contributed by atoms with van der Waals surface area (Å²) in [6.45, 7) is 0.174. The molecule has 2 aromatic rings. The number of carbonyl (C=O) groups is 1. The summed E-state index contributed by atoms with van der Waals surface area (Å²) < 4.78 is 10.6. The van der Waals surface area contributed by atoms with Gasteiger partial charge in [0.15, 0.2) is 11.5 Å². The van der Waals surface area contributed by atoms with Gasteiger partial charge in [-0.1, -0.05) is 11.6 Å². The summed E-state index contributed by atoms with van der Waals surface area (Å²) in [5.41, 5.74) is 1.17. The van der Waals surface area contributed by atoms with Crippen molar-refractivity contribution in [2.24, 2.45) is 0 Å². The zero-order valence-corrected chi connectivity index (χ0v) is 12.3. The molecule has 7 heteroatoms. The van der Waals surface area contributed by atoms with Crippen molar-refractivity contribution >= 4 is 29.3 Å². The Hall–Kier alpha value is -1.92. The Bertz CT molecular complexity index is 707. The number of aromatic nitrogens is 1. The topological polar surface area (TPSA) is 68.7 Å². The average Bonchev–Trinajstić information content (AvgIpc) is 2.94. The van der Waals surface area contributed by atoms with E-state index in [0.717, 1.165) is 5.56 Å². The lowest BCUT2D eigenvalue weighted by Gasteiger charge is -2.05. The Balaban J connectivity index is 1.75. The summed E-state index contributed by atoms with van der Waals surface area (Å²) in [7, 11) is 0. The fourth-order valence-electron chi connectivity index (χ4n) is 1.88. The summed E-state index contributed by atoms with van der Waals surface area (Å²) >= 11 is 7.55. The van der Waals surface area contributed by atoms with Gasteiger partial charge in [-0.2, -0.15) is 0 Å². The normalized spacial score (nSPS) is 12.4. The van der Waals surface area contributed by atoms with Crippen molar-refractivity contribution in [2.75, 3.05) is 6.79 Å². The molecule has 0 radical (unpaired) electrons. The van der Waals surface area contributed by atoms with Crippen LogP contribution < -0.4 is 9.47 Å². The number of fused-ring (bicyclic) bond motifs is 1. The fourth-order valence-corrected chi connectivity index (χ4v) is 3.00. The number of carboxylic acid groups (broad SMARTS) is 1. The second-order valence-corrected chi connectivity index (χ2v) is 5.69. The highest BCUT2D eigenvalue weighted by Gasteiger charge is 2.18. The van der Waals surface area contributed by atoms with Crippen molar-refractivity contribution in [1.82, 2.24) is 4.98 Å². The zero-order chi connectivity index (χ0) is 14.8. The number of aromatic carboxylic acids is 1. The lowest BCUT2D eigenvalue weighted by molar-refractivity contribution is 0.0696. The van der Waals surface area contributed by atoms with Crippen molar-refractivity contribution in [3.8, 4) is 11.5 Å². The van der Waals surface area contributed by atoms with Gasteiger partial charge in [0.25, 0.3) is 0 Å². The Labute approximate surface area is 129 Å². The number of hydrogen-bond donors (Lipinski definition) is 1. The molecule has 0 aliphatic carbocycles. The van der Waals surface area contributed by atoms with E-state index in [1.807, 2.05) is 12.1 Å². The molecule has 0 fully saturated rings. The van der Waals surface area contributed by atoms with Crippen LogP contribution in [0.4, 0.5) is 0 Å². The van der Waals surface area contributed by atoms with Gasteiger partial charge in [-0.05, 0) is 29.8 Å². The molecular formula is C14H10ClNO4S. The molecule has 108 valence electrons. The largest absolute Gasteiger partial charge is 0.478 e. The number of thioether (sulfide) groups is 1. The quantitative estimate of drug-likeness (QED) is 0.869. The van der Waals surface area contributed by atoms with Gasteiger partial charge in [0.1, 0.15) is 0 Å². The lowest BCUT2D eigenvalue weighted by Crippen LogP contribution is -1.96. The van der Waals surface area contributed by atoms with Crippen LogP contribution in [-0.4, -0.2) is 22.9 Å². The number of rotatable bonds is 4. The minimum atomic E-state index is -0.967. The number of hydrogen-bond acceptors (Lipinski definition) is 5. The molecule has 1 aromatic carbocycles. The van der Waals surface area contributed by atoms with Crippen LogP contribution in [0.3, 0.4) is 0 Å². The molecule has 1 aliphatic rings. The molecule has 0 saturated heterocycles. The number of ether oxygens (including phenoxy) is 2. The third kappa shape index (κ3) is 3.06. The van der Waals surface area contributed by atoms with Crippen LogP contribution in [0.2, 0.25) is 5.02 Å². The van der Waals surface area contributed by atoms with E-state index in [0.29, 0.717) is 27.3 Å². The van der Waals surface area contributed by atoms with Gasteiger partial charge in [-0.15, -0.1) is 11.8 Å². The number of carboxylic acids is 1. The van der Waals surface area contributed by atoms with Crippen molar-refractivity contribution in [3.05, 3.63) is 46.6 Å². The molecule has 21 heavy (non-hydrogen) atoms. The summed E-state index contributed by atoms with van der Waals surface area (Å²) in [4.78, 5) is 15.1. The molecule has 0 unspecified atom stereocenters. The summed E-state index contributed by atoms with van der Waals surface area (Å²) in [6, 6.07) is 6.68. The van der Waals surface area contributed by atoms with E-state index in [1.165, 1.54) is 24.0 Å². The van der Waals surface area contributed by atoms with Crippen molar-refractivity contribution in [1.29, 1.82) is 0 Å². The Morgan fingerprint density at radius 3 is 3.05 bits per heavy atom. The highest BCUT2D eigenvalue weighted by molar-refractivity contribution is 7.98. The Morgan fingerprint density at radius 2 is 2.24 bits per heavy atom. The molecule has 1 aliphatic heterocycles. The van der Waals surface area contributed by atoms with Gasteiger partial charge in [0.05, 0.1) is 15.6 Å². The molecule has 5 nitrogen and oxygen atoms in total.